The minimum atomic E-state index is -1.31. The van der Waals surface area contributed by atoms with Crippen molar-refractivity contribution in [2.75, 3.05) is 17.7 Å². The molecule has 218 valence electrons. The molecule has 0 saturated carbocycles. The summed E-state index contributed by atoms with van der Waals surface area (Å²) in [7, 11) is 1.45. The molecule has 0 fully saturated rings. The predicted octanol–water partition coefficient (Wildman–Crippen LogP) is 7.50. The number of anilines is 2. The van der Waals surface area contributed by atoms with Crippen LogP contribution in [-0.2, 0) is 0 Å². The van der Waals surface area contributed by atoms with Gasteiger partial charge in [-0.3, -0.25) is 14.9 Å². The Morgan fingerprint density at radius 1 is 0.907 bits per heavy atom. The number of nitriles is 1. The second-order valence-electron chi connectivity index (χ2n) is 9.58. The monoisotopic (exact) mass is 596 g/mol. The van der Waals surface area contributed by atoms with Gasteiger partial charge in [0, 0.05) is 27.8 Å². The fraction of sp³-hybridized carbons (Fsp3) is 0.152. The first kappa shape index (κ1) is 30.6. The van der Waals surface area contributed by atoms with E-state index >= 15 is 0 Å². The predicted molar refractivity (Wildman–Crippen MR) is 166 cm³/mol. The van der Waals surface area contributed by atoms with E-state index in [0.29, 0.717) is 27.5 Å². The Balaban J connectivity index is 1.67. The summed E-state index contributed by atoms with van der Waals surface area (Å²) in [5.74, 6) is -0.508. The Bertz CT molecular complexity index is 1700. The molecule has 0 aliphatic rings. The number of methoxy groups -OCH3 is 1. The molecule has 43 heavy (non-hydrogen) atoms. The zero-order valence-corrected chi connectivity index (χ0v) is 24.2. The van der Waals surface area contributed by atoms with Gasteiger partial charge in [0.1, 0.15) is 5.75 Å². The number of benzene rings is 4. The summed E-state index contributed by atoms with van der Waals surface area (Å²) in [4.78, 5) is 38.1. The molecule has 0 heterocycles. The summed E-state index contributed by atoms with van der Waals surface area (Å²) in [6.45, 7) is 2.04. The van der Waals surface area contributed by atoms with Gasteiger partial charge in [-0.2, -0.15) is 5.26 Å². The van der Waals surface area contributed by atoms with Crippen LogP contribution in [0.1, 0.15) is 57.7 Å². The second kappa shape index (κ2) is 14.0. The number of nitrogens with one attached hydrogen (secondary N) is 3. The fourth-order valence-electron chi connectivity index (χ4n) is 4.66. The number of nitrogens with zero attached hydrogens (tertiary/aromatic N) is 1. The molecule has 0 aromatic heterocycles. The highest BCUT2D eigenvalue weighted by Gasteiger charge is 2.21. The SMILES string of the molecule is CCC[C@@H](NC(=O)c1ccc(-c2cc(Cl)ccc2C(=O)Nc2cc(OC)ccc2NC(=O)O)c(C#N)c1)c1ccccc1. The molecule has 3 amide bonds. The van der Waals surface area contributed by atoms with Crippen molar-refractivity contribution >= 4 is 40.9 Å². The molecule has 0 bridgehead atoms. The van der Waals surface area contributed by atoms with Crippen LogP contribution < -0.4 is 20.7 Å². The number of carboxylic acid groups (broad SMARTS) is 1. The molecule has 0 saturated heterocycles. The van der Waals surface area contributed by atoms with E-state index in [0.717, 1.165) is 18.4 Å². The molecule has 10 heteroatoms. The molecular weight excluding hydrogens is 568 g/mol. The number of hydrogen-bond donors (Lipinski definition) is 4. The van der Waals surface area contributed by atoms with E-state index in [9.17, 15) is 24.8 Å². The quantitative estimate of drug-likeness (QED) is 0.149. The minimum Gasteiger partial charge on any atom is -0.497 e. The highest BCUT2D eigenvalue weighted by Crippen LogP contribution is 2.33. The van der Waals surface area contributed by atoms with E-state index in [2.05, 4.69) is 22.0 Å². The lowest BCUT2D eigenvalue weighted by Gasteiger charge is -2.19. The number of halogens is 1. The number of carbonyl (C=O) groups is 3. The van der Waals surface area contributed by atoms with Crippen molar-refractivity contribution < 1.29 is 24.2 Å². The molecule has 1 atom stereocenters. The number of amides is 3. The maximum atomic E-state index is 13.5. The lowest BCUT2D eigenvalue weighted by atomic mass is 9.93. The summed E-state index contributed by atoms with van der Waals surface area (Å²) in [5, 5.41) is 27.6. The molecule has 0 aliphatic carbocycles. The van der Waals surface area contributed by atoms with Gasteiger partial charge in [0.05, 0.1) is 36.2 Å². The maximum absolute atomic E-state index is 13.5. The van der Waals surface area contributed by atoms with Crippen molar-refractivity contribution in [2.45, 2.75) is 25.8 Å². The average molecular weight is 597 g/mol. The second-order valence-corrected chi connectivity index (χ2v) is 10.0. The van der Waals surface area contributed by atoms with Crippen molar-refractivity contribution in [3.8, 4) is 22.9 Å². The van der Waals surface area contributed by atoms with Gasteiger partial charge in [-0.25, -0.2) is 4.79 Å². The van der Waals surface area contributed by atoms with Crippen LogP contribution in [0.25, 0.3) is 11.1 Å². The number of hydrogen-bond acceptors (Lipinski definition) is 5. The van der Waals surface area contributed by atoms with Crippen LogP contribution in [0.15, 0.2) is 84.9 Å². The average Bonchev–Trinajstić information content (AvgIpc) is 3.01. The van der Waals surface area contributed by atoms with Crippen molar-refractivity contribution in [3.05, 3.63) is 112 Å². The van der Waals surface area contributed by atoms with Crippen LogP contribution in [0.3, 0.4) is 0 Å². The van der Waals surface area contributed by atoms with Gasteiger partial charge < -0.3 is 20.5 Å². The molecule has 0 radical (unpaired) electrons. The highest BCUT2D eigenvalue weighted by atomic mass is 35.5. The van der Waals surface area contributed by atoms with Crippen LogP contribution in [0, 0.1) is 11.3 Å². The lowest BCUT2D eigenvalue weighted by molar-refractivity contribution is 0.0933. The van der Waals surface area contributed by atoms with Crippen molar-refractivity contribution in [1.82, 2.24) is 5.32 Å². The molecule has 0 unspecified atom stereocenters. The van der Waals surface area contributed by atoms with Gasteiger partial charge >= 0.3 is 6.09 Å². The Morgan fingerprint density at radius 3 is 2.35 bits per heavy atom. The number of rotatable bonds is 10. The fourth-order valence-corrected chi connectivity index (χ4v) is 4.83. The van der Waals surface area contributed by atoms with Crippen molar-refractivity contribution in [3.63, 3.8) is 0 Å². The first-order valence-electron chi connectivity index (χ1n) is 13.4. The van der Waals surface area contributed by atoms with Crippen LogP contribution in [0.4, 0.5) is 16.2 Å². The van der Waals surface area contributed by atoms with Gasteiger partial charge in [-0.05, 0) is 60.0 Å². The van der Waals surface area contributed by atoms with Crippen molar-refractivity contribution in [2.24, 2.45) is 0 Å². The molecule has 0 aliphatic heterocycles. The molecule has 0 spiro atoms. The van der Waals surface area contributed by atoms with Gasteiger partial charge in [-0.1, -0.05) is 61.3 Å². The third kappa shape index (κ3) is 7.50. The van der Waals surface area contributed by atoms with Crippen LogP contribution in [0.2, 0.25) is 5.02 Å². The van der Waals surface area contributed by atoms with E-state index in [1.165, 1.54) is 37.4 Å². The lowest BCUT2D eigenvalue weighted by Crippen LogP contribution is -2.28. The van der Waals surface area contributed by atoms with Crippen LogP contribution in [-0.4, -0.2) is 30.1 Å². The van der Waals surface area contributed by atoms with Crippen LogP contribution in [0.5, 0.6) is 5.75 Å². The van der Waals surface area contributed by atoms with Gasteiger partial charge in [-0.15, -0.1) is 0 Å². The zero-order valence-electron chi connectivity index (χ0n) is 23.5. The Labute approximate surface area is 254 Å². The molecule has 9 nitrogen and oxygen atoms in total. The van der Waals surface area contributed by atoms with Gasteiger partial charge in [0.2, 0.25) is 0 Å². The third-order valence-electron chi connectivity index (χ3n) is 6.72. The van der Waals surface area contributed by atoms with Crippen LogP contribution >= 0.6 is 11.6 Å². The summed E-state index contributed by atoms with van der Waals surface area (Å²) in [6.07, 6.45) is 0.308. The summed E-state index contributed by atoms with van der Waals surface area (Å²) in [6, 6.07) is 25.4. The van der Waals surface area contributed by atoms with E-state index in [-0.39, 0.29) is 34.5 Å². The molecule has 4 N–H and O–H groups in total. The van der Waals surface area contributed by atoms with Gasteiger partial charge in [0.25, 0.3) is 11.8 Å². The highest BCUT2D eigenvalue weighted by molar-refractivity contribution is 6.31. The van der Waals surface area contributed by atoms with E-state index in [1.54, 1.807) is 24.3 Å². The first-order valence-corrected chi connectivity index (χ1v) is 13.8. The number of carbonyl (C=O) groups excluding carboxylic acids is 2. The molecule has 4 rings (SSSR count). The smallest absolute Gasteiger partial charge is 0.409 e. The van der Waals surface area contributed by atoms with Gasteiger partial charge in [0.15, 0.2) is 0 Å². The minimum absolute atomic E-state index is 0.141. The molecule has 4 aromatic rings. The standard InChI is InChI=1S/C33H29ClN4O5/c1-3-7-28(20-8-5-4-6-9-20)36-31(39)21-10-13-25(22(16-21)19-35)27-17-23(34)11-14-26(27)32(40)37-30-18-24(43-2)12-15-29(30)38-33(41)42/h4-6,8-18,28,38H,3,7H2,1-2H3,(H,36,39)(H,37,40)(H,41,42)/t28-/m1/s1. The van der Waals surface area contributed by atoms with E-state index in [1.807, 2.05) is 37.3 Å². The Morgan fingerprint density at radius 2 is 1.67 bits per heavy atom. The largest absolute Gasteiger partial charge is 0.497 e. The molecular formula is C33H29ClN4O5. The Hall–Kier alpha value is -5.33. The molecule has 4 aromatic carbocycles. The zero-order chi connectivity index (χ0) is 30.9. The third-order valence-corrected chi connectivity index (χ3v) is 6.95. The topological polar surface area (TPSA) is 141 Å². The summed E-state index contributed by atoms with van der Waals surface area (Å²) < 4.78 is 5.22. The summed E-state index contributed by atoms with van der Waals surface area (Å²) in [5.41, 5.74) is 2.70. The first-order chi connectivity index (χ1) is 20.7. The van der Waals surface area contributed by atoms with Crippen molar-refractivity contribution in [1.29, 1.82) is 5.26 Å². The number of ether oxygens (including phenoxy) is 1. The normalized spacial score (nSPS) is 11.1. The van der Waals surface area contributed by atoms with E-state index in [4.69, 9.17) is 16.3 Å². The Kier molecular flexibility index (Phi) is 9.99. The summed E-state index contributed by atoms with van der Waals surface area (Å²) >= 11 is 6.31. The maximum Gasteiger partial charge on any atom is 0.409 e. The van der Waals surface area contributed by atoms with E-state index < -0.39 is 12.0 Å².